The van der Waals surface area contributed by atoms with Crippen molar-refractivity contribution < 1.29 is 22.7 Å². The van der Waals surface area contributed by atoms with Gasteiger partial charge in [0.05, 0.1) is 5.84 Å². The molecule has 0 saturated carbocycles. The number of carbonyl (C=O) groups excluding carboxylic acids is 1. The zero-order valence-electron chi connectivity index (χ0n) is 11.1. The summed E-state index contributed by atoms with van der Waals surface area (Å²) in [6, 6.07) is 4.17. The van der Waals surface area contributed by atoms with Crippen molar-refractivity contribution >= 4 is 17.6 Å². The highest BCUT2D eigenvalue weighted by Crippen LogP contribution is 2.23. The molecule has 0 aliphatic heterocycles. The molecule has 0 heterocycles. The average Bonchev–Trinajstić information content (AvgIpc) is 2.36. The minimum Gasteiger partial charge on any atom is -0.406 e. The van der Waals surface area contributed by atoms with Gasteiger partial charge in [-0.3, -0.25) is 5.41 Å². The number of carbonyl (C=O) groups is 1. The Bertz CT molecular complexity index is 502. The summed E-state index contributed by atoms with van der Waals surface area (Å²) in [5, 5.41) is 12.1. The lowest BCUT2D eigenvalue weighted by Crippen LogP contribution is -2.36. The van der Waals surface area contributed by atoms with Crippen LogP contribution < -0.4 is 21.1 Å². The smallest absolute Gasteiger partial charge is 0.406 e. The molecule has 21 heavy (non-hydrogen) atoms. The lowest BCUT2D eigenvalue weighted by molar-refractivity contribution is -0.274. The Morgan fingerprint density at radius 2 is 1.95 bits per heavy atom. The van der Waals surface area contributed by atoms with Crippen LogP contribution in [0.1, 0.15) is 6.92 Å². The maximum absolute atomic E-state index is 12.0. The van der Waals surface area contributed by atoms with E-state index < -0.39 is 12.4 Å². The monoisotopic (exact) mass is 304 g/mol. The van der Waals surface area contributed by atoms with Gasteiger partial charge in [-0.1, -0.05) is 6.92 Å². The number of nitrogens with two attached hydrogens (primary N) is 1. The molecule has 9 heteroatoms. The molecule has 0 aliphatic carbocycles. The molecule has 2 amide bonds. The number of halogens is 3. The number of amidine groups is 1. The summed E-state index contributed by atoms with van der Waals surface area (Å²) < 4.78 is 39.6. The minimum absolute atomic E-state index is 0.0519. The third-order valence-electron chi connectivity index (χ3n) is 2.45. The van der Waals surface area contributed by atoms with Gasteiger partial charge in [-0.2, -0.15) is 0 Å². The molecule has 1 aromatic rings. The van der Waals surface area contributed by atoms with Crippen molar-refractivity contribution in [2.45, 2.75) is 13.3 Å². The molecule has 0 bridgehead atoms. The van der Waals surface area contributed by atoms with Gasteiger partial charge in [-0.25, -0.2) is 4.79 Å². The molecule has 0 spiro atoms. The number of hydrogen-bond donors (Lipinski definition) is 4. The predicted octanol–water partition coefficient (Wildman–Crippen LogP) is 2.28. The maximum atomic E-state index is 12.0. The van der Waals surface area contributed by atoms with Crippen LogP contribution in [0.5, 0.6) is 5.75 Å². The second-order valence-corrected chi connectivity index (χ2v) is 4.26. The summed E-state index contributed by atoms with van der Waals surface area (Å²) in [6.45, 7) is 1.85. The van der Waals surface area contributed by atoms with Crippen LogP contribution in [0.25, 0.3) is 0 Å². The second-order valence-electron chi connectivity index (χ2n) is 4.26. The summed E-state index contributed by atoms with van der Waals surface area (Å²) in [5.74, 6) is -0.735. The molecule has 0 aromatic heterocycles. The molecule has 0 aliphatic rings. The number of alkyl halides is 3. The Labute approximate surface area is 119 Å². The Morgan fingerprint density at radius 3 is 2.43 bits per heavy atom. The molecule has 1 unspecified atom stereocenters. The van der Waals surface area contributed by atoms with E-state index in [1.807, 2.05) is 0 Å². The molecular weight excluding hydrogens is 289 g/mol. The molecule has 116 valence electrons. The third kappa shape index (κ3) is 6.50. The van der Waals surface area contributed by atoms with E-state index in [2.05, 4.69) is 15.4 Å². The van der Waals surface area contributed by atoms with Gasteiger partial charge in [0.1, 0.15) is 5.75 Å². The molecule has 0 fully saturated rings. The van der Waals surface area contributed by atoms with Gasteiger partial charge in [0, 0.05) is 18.2 Å². The van der Waals surface area contributed by atoms with Gasteiger partial charge in [0.2, 0.25) is 0 Å². The highest BCUT2D eigenvalue weighted by Gasteiger charge is 2.30. The number of ether oxygens (including phenoxy) is 1. The van der Waals surface area contributed by atoms with E-state index in [4.69, 9.17) is 11.1 Å². The fraction of sp³-hybridized carbons (Fsp3) is 0.333. The molecule has 1 atom stereocenters. The number of rotatable bonds is 5. The van der Waals surface area contributed by atoms with Crippen molar-refractivity contribution in [3.05, 3.63) is 24.3 Å². The summed E-state index contributed by atoms with van der Waals surface area (Å²) >= 11 is 0. The lowest BCUT2D eigenvalue weighted by atomic mass is 10.1. The lowest BCUT2D eigenvalue weighted by Gasteiger charge is -2.12. The van der Waals surface area contributed by atoms with Gasteiger partial charge in [-0.05, 0) is 24.3 Å². The van der Waals surface area contributed by atoms with E-state index in [9.17, 15) is 18.0 Å². The highest BCUT2D eigenvalue weighted by molar-refractivity contribution is 5.89. The average molecular weight is 304 g/mol. The molecular formula is C12H15F3N4O2. The van der Waals surface area contributed by atoms with Gasteiger partial charge < -0.3 is 21.1 Å². The van der Waals surface area contributed by atoms with Crippen molar-refractivity contribution in [2.75, 3.05) is 11.9 Å². The van der Waals surface area contributed by atoms with Crippen molar-refractivity contribution in [3.8, 4) is 5.75 Å². The third-order valence-corrected chi connectivity index (χ3v) is 2.45. The van der Waals surface area contributed by atoms with Crippen LogP contribution in [0, 0.1) is 11.3 Å². The van der Waals surface area contributed by atoms with E-state index in [-0.39, 0.29) is 24.0 Å². The summed E-state index contributed by atoms with van der Waals surface area (Å²) in [7, 11) is 0. The minimum atomic E-state index is -4.75. The Morgan fingerprint density at radius 1 is 1.38 bits per heavy atom. The number of anilines is 1. The molecule has 6 nitrogen and oxygen atoms in total. The van der Waals surface area contributed by atoms with Crippen LogP contribution in [-0.4, -0.2) is 24.8 Å². The molecule has 5 N–H and O–H groups in total. The van der Waals surface area contributed by atoms with Gasteiger partial charge in [0.25, 0.3) is 0 Å². The Kier molecular flexibility index (Phi) is 5.39. The van der Waals surface area contributed by atoms with Crippen LogP contribution in [0.2, 0.25) is 0 Å². The molecule has 1 rings (SSSR count). The first kappa shape index (κ1) is 16.6. The van der Waals surface area contributed by atoms with E-state index in [1.165, 1.54) is 12.1 Å². The first-order valence-corrected chi connectivity index (χ1v) is 5.92. The summed E-state index contributed by atoms with van der Waals surface area (Å²) in [6.07, 6.45) is -4.75. The maximum Gasteiger partial charge on any atom is 0.573 e. The first-order chi connectivity index (χ1) is 9.67. The molecule has 0 saturated heterocycles. The van der Waals surface area contributed by atoms with E-state index in [0.717, 1.165) is 12.1 Å². The van der Waals surface area contributed by atoms with E-state index in [1.54, 1.807) is 6.92 Å². The predicted molar refractivity (Wildman–Crippen MR) is 71.2 cm³/mol. The normalized spacial score (nSPS) is 12.4. The van der Waals surface area contributed by atoms with Crippen molar-refractivity contribution in [2.24, 2.45) is 11.7 Å². The van der Waals surface area contributed by atoms with Crippen LogP contribution in [0.3, 0.4) is 0 Å². The number of nitrogens with one attached hydrogen (secondary N) is 3. The van der Waals surface area contributed by atoms with E-state index >= 15 is 0 Å². The SMILES string of the molecule is CC(CNC(=O)Nc1ccc(OC(F)(F)F)cc1)C(=N)N. The zero-order chi connectivity index (χ0) is 16.0. The Balaban J connectivity index is 2.48. The van der Waals surface area contributed by atoms with Crippen molar-refractivity contribution in [1.82, 2.24) is 5.32 Å². The molecule has 1 aromatic carbocycles. The standard InChI is InChI=1S/C12H15F3N4O2/c1-7(10(16)17)6-18-11(20)19-8-2-4-9(5-3-8)21-12(13,14)15/h2-5,7H,6H2,1H3,(H3,16,17)(H2,18,19,20). The molecule has 0 radical (unpaired) electrons. The van der Waals surface area contributed by atoms with Gasteiger partial charge in [0.15, 0.2) is 0 Å². The number of hydrogen-bond acceptors (Lipinski definition) is 3. The van der Waals surface area contributed by atoms with Crippen LogP contribution in [0.15, 0.2) is 24.3 Å². The van der Waals surface area contributed by atoms with Crippen LogP contribution in [-0.2, 0) is 0 Å². The fourth-order valence-corrected chi connectivity index (χ4v) is 1.27. The summed E-state index contributed by atoms with van der Waals surface area (Å²) in [5.41, 5.74) is 5.55. The first-order valence-electron chi connectivity index (χ1n) is 5.92. The van der Waals surface area contributed by atoms with Crippen molar-refractivity contribution in [3.63, 3.8) is 0 Å². The highest BCUT2D eigenvalue weighted by atomic mass is 19.4. The quantitative estimate of drug-likeness (QED) is 0.496. The number of amides is 2. The van der Waals surface area contributed by atoms with Crippen LogP contribution >= 0.6 is 0 Å². The zero-order valence-corrected chi connectivity index (χ0v) is 11.1. The summed E-state index contributed by atoms with van der Waals surface area (Å²) in [4.78, 5) is 11.5. The number of benzene rings is 1. The van der Waals surface area contributed by atoms with Crippen LogP contribution in [0.4, 0.5) is 23.7 Å². The van der Waals surface area contributed by atoms with Gasteiger partial charge >= 0.3 is 12.4 Å². The fourth-order valence-electron chi connectivity index (χ4n) is 1.27. The second kappa shape index (κ2) is 6.82. The topological polar surface area (TPSA) is 100 Å². The van der Waals surface area contributed by atoms with Gasteiger partial charge in [-0.15, -0.1) is 13.2 Å². The van der Waals surface area contributed by atoms with Crippen molar-refractivity contribution in [1.29, 1.82) is 5.41 Å². The van der Waals surface area contributed by atoms with E-state index in [0.29, 0.717) is 5.69 Å². The largest absolute Gasteiger partial charge is 0.573 e. The Hall–Kier alpha value is -2.45. The number of urea groups is 1.